The van der Waals surface area contributed by atoms with Crippen LogP contribution in [-0.4, -0.2) is 44.7 Å². The largest absolute Gasteiger partial charge is 0.493 e. The predicted octanol–water partition coefficient (Wildman–Crippen LogP) is 2.09. The molecular formula is C19H20N2O8. The van der Waals surface area contributed by atoms with Gasteiger partial charge in [0.2, 0.25) is 5.75 Å². The van der Waals surface area contributed by atoms with Crippen molar-refractivity contribution >= 4 is 17.6 Å². The maximum atomic E-state index is 12.0. The molecule has 1 N–H and O–H groups in total. The predicted molar refractivity (Wildman–Crippen MR) is 101 cm³/mol. The van der Waals surface area contributed by atoms with E-state index in [0.717, 1.165) is 0 Å². The van der Waals surface area contributed by atoms with E-state index >= 15 is 0 Å². The van der Waals surface area contributed by atoms with Gasteiger partial charge < -0.3 is 24.3 Å². The van der Waals surface area contributed by atoms with Crippen LogP contribution in [-0.2, 0) is 16.1 Å². The normalized spacial score (nSPS) is 10.0. The molecule has 10 nitrogen and oxygen atoms in total. The zero-order valence-corrected chi connectivity index (χ0v) is 16.1. The molecule has 1 amide bonds. The lowest BCUT2D eigenvalue weighted by Crippen LogP contribution is -2.28. The van der Waals surface area contributed by atoms with E-state index in [1.54, 1.807) is 12.1 Å². The lowest BCUT2D eigenvalue weighted by Gasteiger charge is -2.14. The van der Waals surface area contributed by atoms with Gasteiger partial charge in [-0.25, -0.2) is 4.79 Å². The third kappa shape index (κ3) is 5.58. The second kappa shape index (κ2) is 9.93. The smallest absolute Gasteiger partial charge is 0.338 e. The zero-order valence-electron chi connectivity index (χ0n) is 16.1. The van der Waals surface area contributed by atoms with Crippen molar-refractivity contribution in [2.75, 3.05) is 27.9 Å². The number of carbonyl (C=O) groups is 2. The number of rotatable bonds is 9. The maximum absolute atomic E-state index is 12.0. The summed E-state index contributed by atoms with van der Waals surface area (Å²) in [4.78, 5) is 33.9. The number of non-ortho nitro benzene ring substituents is 1. The van der Waals surface area contributed by atoms with E-state index in [1.807, 2.05) is 0 Å². The second-order valence-electron chi connectivity index (χ2n) is 5.69. The molecule has 0 saturated carbocycles. The highest BCUT2D eigenvalue weighted by atomic mass is 16.6. The molecule has 0 aromatic heterocycles. The lowest BCUT2D eigenvalue weighted by molar-refractivity contribution is -0.384. The Morgan fingerprint density at radius 3 is 2.07 bits per heavy atom. The van der Waals surface area contributed by atoms with Crippen LogP contribution in [0.4, 0.5) is 5.69 Å². The first-order valence-corrected chi connectivity index (χ1v) is 8.36. The van der Waals surface area contributed by atoms with Crippen molar-refractivity contribution < 1.29 is 33.5 Å². The van der Waals surface area contributed by atoms with Gasteiger partial charge in [-0.3, -0.25) is 14.9 Å². The maximum Gasteiger partial charge on any atom is 0.338 e. The minimum Gasteiger partial charge on any atom is -0.493 e. The van der Waals surface area contributed by atoms with Crippen molar-refractivity contribution in [1.29, 1.82) is 0 Å². The van der Waals surface area contributed by atoms with Crippen molar-refractivity contribution in [3.05, 3.63) is 57.6 Å². The number of esters is 1. The van der Waals surface area contributed by atoms with E-state index in [9.17, 15) is 19.7 Å². The Bertz CT molecular complexity index is 871. The fourth-order valence-corrected chi connectivity index (χ4v) is 2.42. The summed E-state index contributed by atoms with van der Waals surface area (Å²) in [5.74, 6) is 0.0420. The average molecular weight is 404 g/mol. The highest BCUT2D eigenvalue weighted by Gasteiger charge is 2.15. The van der Waals surface area contributed by atoms with Gasteiger partial charge in [-0.1, -0.05) is 0 Å². The molecule has 154 valence electrons. The number of nitro groups is 1. The molecule has 2 aromatic rings. The summed E-state index contributed by atoms with van der Waals surface area (Å²) in [5, 5.41) is 13.2. The Hall–Kier alpha value is -3.82. The molecular weight excluding hydrogens is 384 g/mol. The van der Waals surface area contributed by atoms with Gasteiger partial charge in [0.05, 0.1) is 31.8 Å². The number of benzene rings is 2. The molecule has 0 aliphatic heterocycles. The third-order valence-electron chi connectivity index (χ3n) is 3.86. The van der Waals surface area contributed by atoms with Gasteiger partial charge in [0, 0.05) is 18.7 Å². The van der Waals surface area contributed by atoms with Crippen LogP contribution in [0.3, 0.4) is 0 Å². The summed E-state index contributed by atoms with van der Waals surface area (Å²) in [6.07, 6.45) is 0. The summed E-state index contributed by atoms with van der Waals surface area (Å²) >= 11 is 0. The van der Waals surface area contributed by atoms with E-state index in [1.165, 1.54) is 45.6 Å². The zero-order chi connectivity index (χ0) is 21.4. The molecule has 10 heteroatoms. The molecule has 0 fully saturated rings. The third-order valence-corrected chi connectivity index (χ3v) is 3.86. The van der Waals surface area contributed by atoms with Crippen LogP contribution in [0.2, 0.25) is 0 Å². The Kier molecular flexibility index (Phi) is 7.35. The van der Waals surface area contributed by atoms with Crippen LogP contribution in [0, 0.1) is 10.1 Å². The van der Waals surface area contributed by atoms with Gasteiger partial charge in [-0.2, -0.15) is 0 Å². The van der Waals surface area contributed by atoms with Crippen LogP contribution in [0.25, 0.3) is 0 Å². The quantitative estimate of drug-likeness (QED) is 0.382. The minimum atomic E-state index is -0.761. The summed E-state index contributed by atoms with van der Waals surface area (Å²) in [6.45, 7) is -0.356. The monoisotopic (exact) mass is 404 g/mol. The van der Waals surface area contributed by atoms with Crippen LogP contribution < -0.4 is 19.5 Å². The molecule has 0 aliphatic rings. The molecule has 0 bridgehead atoms. The Labute approximate surface area is 166 Å². The van der Waals surface area contributed by atoms with Gasteiger partial charge in [0.1, 0.15) is 0 Å². The first-order valence-electron chi connectivity index (χ1n) is 8.36. The van der Waals surface area contributed by atoms with E-state index < -0.39 is 23.4 Å². The van der Waals surface area contributed by atoms with E-state index in [2.05, 4.69) is 5.32 Å². The highest BCUT2D eigenvalue weighted by molar-refractivity contribution is 5.91. The number of nitro benzene ring substituents is 1. The highest BCUT2D eigenvalue weighted by Crippen LogP contribution is 2.38. The average Bonchev–Trinajstić information content (AvgIpc) is 2.74. The molecule has 0 saturated heterocycles. The minimum absolute atomic E-state index is 0.105. The van der Waals surface area contributed by atoms with Crippen LogP contribution in [0.5, 0.6) is 17.2 Å². The van der Waals surface area contributed by atoms with Crippen molar-refractivity contribution in [1.82, 2.24) is 5.32 Å². The fourth-order valence-electron chi connectivity index (χ4n) is 2.42. The number of hydrogen-bond acceptors (Lipinski definition) is 8. The summed E-state index contributed by atoms with van der Waals surface area (Å²) in [6, 6.07) is 8.25. The molecule has 0 atom stereocenters. The van der Waals surface area contributed by atoms with E-state index in [-0.39, 0.29) is 17.8 Å². The molecule has 0 radical (unpaired) electrons. The molecule has 0 heterocycles. The molecule has 29 heavy (non-hydrogen) atoms. The van der Waals surface area contributed by atoms with Crippen molar-refractivity contribution in [3.8, 4) is 17.2 Å². The number of methoxy groups -OCH3 is 3. The first kappa shape index (κ1) is 21.5. The van der Waals surface area contributed by atoms with Crippen molar-refractivity contribution in [2.24, 2.45) is 0 Å². The van der Waals surface area contributed by atoms with Crippen LogP contribution in [0.15, 0.2) is 36.4 Å². The van der Waals surface area contributed by atoms with E-state index in [0.29, 0.717) is 22.8 Å². The second-order valence-corrected chi connectivity index (χ2v) is 5.69. The van der Waals surface area contributed by atoms with Gasteiger partial charge in [-0.15, -0.1) is 0 Å². The van der Waals surface area contributed by atoms with Crippen LogP contribution in [0.1, 0.15) is 15.9 Å². The van der Waals surface area contributed by atoms with Crippen LogP contribution >= 0.6 is 0 Å². The number of hydrogen-bond donors (Lipinski definition) is 1. The Morgan fingerprint density at radius 1 is 1.00 bits per heavy atom. The Balaban J connectivity index is 1.91. The summed E-state index contributed by atoms with van der Waals surface area (Å²) in [7, 11) is 4.45. The number of amides is 1. The standard InChI is InChI=1S/C19H20N2O8/c1-26-15-8-12(9-16(27-2)18(15)28-3)10-20-17(22)11-29-19(23)13-4-6-14(7-5-13)21(24)25/h4-9H,10-11H2,1-3H3,(H,20,22). The topological polar surface area (TPSA) is 126 Å². The molecule has 0 unspecified atom stereocenters. The molecule has 2 aromatic carbocycles. The lowest BCUT2D eigenvalue weighted by atomic mass is 10.1. The summed E-state index contributed by atoms with van der Waals surface area (Å²) < 4.78 is 20.6. The summed E-state index contributed by atoms with van der Waals surface area (Å²) in [5.41, 5.74) is 0.646. The number of carbonyl (C=O) groups excluding carboxylic acids is 2. The first-order chi connectivity index (χ1) is 13.9. The van der Waals surface area contributed by atoms with Crippen molar-refractivity contribution in [3.63, 3.8) is 0 Å². The fraction of sp³-hybridized carbons (Fsp3) is 0.263. The number of nitrogens with zero attached hydrogens (tertiary/aromatic N) is 1. The molecule has 2 rings (SSSR count). The SMILES string of the molecule is COc1cc(CNC(=O)COC(=O)c2ccc([N+](=O)[O-])cc2)cc(OC)c1OC. The van der Waals surface area contributed by atoms with E-state index in [4.69, 9.17) is 18.9 Å². The number of nitrogens with one attached hydrogen (secondary N) is 1. The molecule has 0 spiro atoms. The molecule has 0 aliphatic carbocycles. The number of ether oxygens (including phenoxy) is 4. The van der Waals surface area contributed by atoms with Gasteiger partial charge in [-0.05, 0) is 29.8 Å². The Morgan fingerprint density at radius 2 is 1.59 bits per heavy atom. The van der Waals surface area contributed by atoms with Gasteiger partial charge >= 0.3 is 5.97 Å². The van der Waals surface area contributed by atoms with Gasteiger partial charge in [0.15, 0.2) is 18.1 Å². The van der Waals surface area contributed by atoms with Crippen molar-refractivity contribution in [2.45, 2.75) is 6.54 Å². The van der Waals surface area contributed by atoms with Gasteiger partial charge in [0.25, 0.3) is 11.6 Å².